The lowest BCUT2D eigenvalue weighted by Crippen LogP contribution is -2.53. The fourth-order valence-electron chi connectivity index (χ4n) is 13.6. The zero-order valence-corrected chi connectivity index (χ0v) is 41.0. The number of piperazine rings is 2. The molecule has 6 aromatic rings. The van der Waals surface area contributed by atoms with Gasteiger partial charge in [-0.15, -0.1) is 0 Å². The molecule has 16 nitrogen and oxygen atoms in total. The smallest absolute Gasteiger partial charge is 0.420 e. The van der Waals surface area contributed by atoms with Crippen molar-refractivity contribution < 1.29 is 28.2 Å². The first-order chi connectivity index (χ1) is 35.0. The number of piperidine rings is 2. The van der Waals surface area contributed by atoms with Gasteiger partial charge in [-0.1, -0.05) is 25.1 Å². The van der Waals surface area contributed by atoms with Gasteiger partial charge >= 0.3 is 11.8 Å². The van der Waals surface area contributed by atoms with E-state index in [9.17, 15) is 19.5 Å². The Balaban J connectivity index is 0.630. The average molecular weight is 979 g/mol. The van der Waals surface area contributed by atoms with E-state index in [0.717, 1.165) is 125 Å². The van der Waals surface area contributed by atoms with Crippen LogP contribution in [0.2, 0.25) is 0 Å². The normalized spacial score (nSPS) is 24.4. The van der Waals surface area contributed by atoms with Crippen molar-refractivity contribution in [3.8, 4) is 23.0 Å². The molecule has 3 atom stereocenters. The Labute approximate surface area is 416 Å². The highest BCUT2D eigenvalue weighted by Gasteiger charge is 2.50. The van der Waals surface area contributed by atoms with Crippen LogP contribution < -0.4 is 30.9 Å². The number of oxazole rings is 1. The van der Waals surface area contributed by atoms with Gasteiger partial charge < -0.3 is 34.3 Å². The number of benzene rings is 3. The van der Waals surface area contributed by atoms with E-state index in [1.165, 1.54) is 30.3 Å². The molecule has 7 aliphatic rings. The van der Waals surface area contributed by atoms with Crippen molar-refractivity contribution in [3.63, 3.8) is 0 Å². The molecule has 1 spiro atoms. The first-order valence-electron chi connectivity index (χ1n) is 26.4. The molecule has 5 saturated heterocycles. The van der Waals surface area contributed by atoms with Crippen molar-refractivity contribution in [2.75, 3.05) is 81.9 Å². The molecule has 2 aliphatic carbocycles. The van der Waals surface area contributed by atoms with Gasteiger partial charge in [0.2, 0.25) is 11.8 Å². The second kappa shape index (κ2) is 17.8. The highest BCUT2D eigenvalue weighted by Crippen LogP contribution is 2.54. The number of nitrogens with one attached hydrogen (secondary N) is 2. The van der Waals surface area contributed by atoms with Crippen LogP contribution in [0.5, 0.6) is 11.8 Å². The van der Waals surface area contributed by atoms with Crippen LogP contribution in [0.3, 0.4) is 0 Å². The third-order valence-corrected chi connectivity index (χ3v) is 17.6. The number of imide groups is 1. The highest BCUT2D eigenvalue weighted by molar-refractivity contribution is 6.02. The average Bonchev–Trinajstić information content (AvgIpc) is 3.94. The second-order valence-electron chi connectivity index (χ2n) is 22.4. The van der Waals surface area contributed by atoms with Gasteiger partial charge in [-0.05, 0) is 129 Å². The molecule has 3 aromatic carbocycles. The summed E-state index contributed by atoms with van der Waals surface area (Å²) in [4.78, 5) is 61.5. The van der Waals surface area contributed by atoms with Gasteiger partial charge in [-0.3, -0.25) is 29.4 Å². The van der Waals surface area contributed by atoms with Crippen molar-refractivity contribution >= 4 is 56.1 Å². The lowest BCUT2D eigenvalue weighted by atomic mass is 9.57. The van der Waals surface area contributed by atoms with Gasteiger partial charge in [0.1, 0.15) is 28.8 Å². The number of hydrogen-bond donors (Lipinski definition) is 3. The van der Waals surface area contributed by atoms with E-state index in [4.69, 9.17) is 24.1 Å². The fourth-order valence-corrected chi connectivity index (χ4v) is 13.6. The molecule has 2 amide bonds. The zero-order chi connectivity index (χ0) is 48.9. The maximum absolute atomic E-state index is 17.2. The monoisotopic (exact) mass is 978 g/mol. The number of aryl methyl sites for hydroxylation is 1. The number of carbonyl (C=O) groups excluding carboxylic acids is 2. The van der Waals surface area contributed by atoms with Gasteiger partial charge in [-0.2, -0.15) is 9.97 Å². The molecule has 3 aromatic heterocycles. The summed E-state index contributed by atoms with van der Waals surface area (Å²) in [5.74, 6) is -0.454. The minimum Gasteiger partial charge on any atom is -0.508 e. The second-order valence-corrected chi connectivity index (χ2v) is 22.4. The van der Waals surface area contributed by atoms with Gasteiger partial charge in [0.15, 0.2) is 11.4 Å². The molecule has 5 aliphatic heterocycles. The molecule has 13 rings (SSSR count). The third-order valence-electron chi connectivity index (χ3n) is 17.6. The van der Waals surface area contributed by atoms with Crippen LogP contribution in [0, 0.1) is 22.6 Å². The van der Waals surface area contributed by atoms with Crippen LogP contribution in [0.4, 0.5) is 15.9 Å². The Hall–Kier alpha value is -6.17. The van der Waals surface area contributed by atoms with E-state index in [0.29, 0.717) is 52.0 Å². The van der Waals surface area contributed by atoms with Gasteiger partial charge in [0.25, 0.3) is 0 Å². The summed E-state index contributed by atoms with van der Waals surface area (Å²) in [6, 6.07) is 15.2. The van der Waals surface area contributed by atoms with E-state index in [-0.39, 0.29) is 47.1 Å². The van der Waals surface area contributed by atoms with Gasteiger partial charge in [-0.25, -0.2) is 9.18 Å². The molecular formula is C55H63FN10O6. The van der Waals surface area contributed by atoms with Crippen LogP contribution in [0.15, 0.2) is 63.9 Å². The number of rotatable bonds is 12. The minimum absolute atomic E-state index is 0.0286. The van der Waals surface area contributed by atoms with Crippen molar-refractivity contribution in [1.29, 1.82) is 0 Å². The maximum Gasteiger partial charge on any atom is 0.420 e. The molecule has 7 fully saturated rings. The third kappa shape index (κ3) is 8.34. The van der Waals surface area contributed by atoms with Crippen LogP contribution in [-0.2, 0) is 16.0 Å². The molecule has 3 N–H and O–H groups in total. The SMILES string of the molecule is CCc1cccc2cc(O)cc(-c3ncc4c(N5CC6CCC(C5)N6)nc(OCC5(CN6CCC7(CC6)CC(CN6CCN(c8ccc9c(c8)oc(=O)n9C8CCC(=O)NC8=O)CC6)C7)CC5)nc4c3F)c12. The van der Waals surface area contributed by atoms with Crippen LogP contribution >= 0.6 is 0 Å². The molecule has 3 unspecified atom stereocenters. The van der Waals surface area contributed by atoms with E-state index >= 15 is 4.39 Å². The van der Waals surface area contributed by atoms with Crippen molar-refractivity contribution in [3.05, 3.63) is 76.7 Å². The number of ether oxygens (including phenoxy) is 1. The number of amides is 2. The van der Waals surface area contributed by atoms with E-state index in [1.54, 1.807) is 18.3 Å². The molecule has 8 heterocycles. The number of aromatic hydroxyl groups is 1. The number of phenolic OH excluding ortho intramolecular Hbond substituents is 1. The predicted octanol–water partition coefficient (Wildman–Crippen LogP) is 6.55. The molecule has 0 radical (unpaired) electrons. The Kier molecular flexibility index (Phi) is 11.3. The number of nitrogens with zero attached hydrogens (tertiary/aromatic N) is 8. The summed E-state index contributed by atoms with van der Waals surface area (Å²) >= 11 is 0. The number of fused-ring (bicyclic) bond motifs is 5. The summed E-state index contributed by atoms with van der Waals surface area (Å²) in [5.41, 5.74) is 4.45. The molecule has 72 heavy (non-hydrogen) atoms. The molecule has 2 bridgehead atoms. The highest BCUT2D eigenvalue weighted by atomic mass is 19.1. The Morgan fingerprint density at radius 3 is 2.43 bits per heavy atom. The largest absolute Gasteiger partial charge is 0.508 e. The van der Waals surface area contributed by atoms with E-state index in [1.807, 2.05) is 36.4 Å². The Bertz CT molecular complexity index is 3170. The number of pyridine rings is 1. The summed E-state index contributed by atoms with van der Waals surface area (Å²) in [7, 11) is 0. The number of anilines is 2. The van der Waals surface area contributed by atoms with Crippen LogP contribution in [0.25, 0.3) is 44.0 Å². The number of halogens is 1. The van der Waals surface area contributed by atoms with Crippen LogP contribution in [-0.4, -0.2) is 130 Å². The first-order valence-corrected chi connectivity index (χ1v) is 26.4. The van der Waals surface area contributed by atoms with Crippen molar-refractivity contribution in [1.82, 2.24) is 40.0 Å². The predicted molar refractivity (Wildman–Crippen MR) is 272 cm³/mol. The number of phenols is 1. The number of aromatic nitrogens is 4. The number of carbonyl (C=O) groups is 2. The van der Waals surface area contributed by atoms with Gasteiger partial charge in [0.05, 0.1) is 17.5 Å². The molecule has 2 saturated carbocycles. The lowest BCUT2D eigenvalue weighted by molar-refractivity contribution is -0.135. The summed E-state index contributed by atoms with van der Waals surface area (Å²) in [5, 5.41) is 19.1. The van der Waals surface area contributed by atoms with E-state index in [2.05, 4.69) is 37.2 Å². The maximum atomic E-state index is 17.2. The number of likely N-dealkylation sites (tertiary alicyclic amines) is 1. The number of hydrogen-bond acceptors (Lipinski definition) is 14. The first kappa shape index (κ1) is 45.7. The van der Waals surface area contributed by atoms with Crippen LogP contribution in [0.1, 0.15) is 82.7 Å². The molecule has 376 valence electrons. The molecule has 17 heteroatoms. The standard InChI is InChI=1S/C55H63FN10O6/c1-2-34-4-3-5-35-22-39(67)24-40(46(34)35)48-47(56)49-41(27-57-48)50(65-29-36-6-7-37(30-65)58-36)61-52(60-49)71-32-55(12-13-55)31-63-16-14-54(15-17-63)25-33(26-54)28-62-18-20-64(21-19-62)38-8-9-42-44(23-38)72-53(70)66(42)43-10-11-45(68)59-51(43)69/h3-5,8-9,22-24,27,33,36-37,43,58,67H,2,6-7,10-21,25-26,28-32H2,1H3,(H,59,68,69). The quantitative estimate of drug-likeness (QED) is 0.113. The topological polar surface area (TPSA) is 174 Å². The summed E-state index contributed by atoms with van der Waals surface area (Å²) in [6.07, 6.45) is 12.3. The summed E-state index contributed by atoms with van der Waals surface area (Å²) < 4.78 is 30.8. The molecular weight excluding hydrogens is 916 g/mol. The fraction of sp³-hybridized carbons (Fsp3) is 0.527. The lowest BCUT2D eigenvalue weighted by Gasteiger charge is -2.54. The zero-order valence-electron chi connectivity index (χ0n) is 41.0. The van der Waals surface area contributed by atoms with Crippen molar-refractivity contribution in [2.45, 2.75) is 95.7 Å². The van der Waals surface area contributed by atoms with E-state index < -0.39 is 23.5 Å². The van der Waals surface area contributed by atoms with Crippen molar-refractivity contribution in [2.24, 2.45) is 16.7 Å². The van der Waals surface area contributed by atoms with Gasteiger partial charge in [0, 0.05) is 99.8 Å². The Morgan fingerprint density at radius 1 is 0.889 bits per heavy atom. The Morgan fingerprint density at radius 2 is 1.68 bits per heavy atom. The minimum atomic E-state index is -0.755. The summed E-state index contributed by atoms with van der Waals surface area (Å²) in [6.45, 7) is 12.2.